The molecule has 2 rings (SSSR count). The first-order valence-electron chi connectivity index (χ1n) is 8.36. The Hall–Kier alpha value is -1.80. The highest BCUT2D eigenvalue weighted by molar-refractivity contribution is 7.92. The average molecular weight is 402 g/mol. The highest BCUT2D eigenvalue weighted by Gasteiger charge is 2.34. The van der Waals surface area contributed by atoms with Crippen LogP contribution < -0.4 is 10.0 Å². The number of carbonyl (C=O) groups is 2. The fraction of sp³-hybridized carbons (Fsp3) is 0.529. The minimum atomic E-state index is -3.70. The third-order valence-electron chi connectivity index (χ3n) is 4.69. The van der Waals surface area contributed by atoms with Crippen LogP contribution in [-0.4, -0.2) is 50.5 Å². The largest absolute Gasteiger partial charge is 0.369 e. The van der Waals surface area contributed by atoms with Gasteiger partial charge in [-0.15, -0.1) is 0 Å². The summed E-state index contributed by atoms with van der Waals surface area (Å²) in [5.74, 6) is -0.913. The van der Waals surface area contributed by atoms with Crippen molar-refractivity contribution in [3.63, 3.8) is 0 Å². The van der Waals surface area contributed by atoms with E-state index in [-0.39, 0.29) is 17.7 Å². The van der Waals surface area contributed by atoms with E-state index in [0.717, 1.165) is 16.1 Å². The number of anilines is 1. The second kappa shape index (κ2) is 7.84. The molecule has 0 radical (unpaired) electrons. The van der Waals surface area contributed by atoms with Gasteiger partial charge in [-0.05, 0) is 44.4 Å². The number of benzene rings is 1. The van der Waals surface area contributed by atoms with Gasteiger partial charge in [-0.25, -0.2) is 8.42 Å². The van der Waals surface area contributed by atoms with Gasteiger partial charge in [0.05, 0.1) is 11.9 Å². The van der Waals surface area contributed by atoms with Crippen LogP contribution >= 0.6 is 11.6 Å². The Morgan fingerprint density at radius 3 is 2.35 bits per heavy atom. The lowest BCUT2D eigenvalue weighted by atomic mass is 9.96. The van der Waals surface area contributed by atoms with E-state index in [2.05, 4.69) is 0 Å². The van der Waals surface area contributed by atoms with E-state index < -0.39 is 16.1 Å². The fourth-order valence-electron chi connectivity index (χ4n) is 3.17. The molecule has 2 amide bonds. The minimum Gasteiger partial charge on any atom is -0.369 e. The number of piperidine rings is 1. The third-order valence-corrected chi connectivity index (χ3v) is 6.33. The molecule has 0 unspecified atom stereocenters. The van der Waals surface area contributed by atoms with Crippen molar-refractivity contribution in [3.8, 4) is 0 Å². The first-order valence-corrected chi connectivity index (χ1v) is 10.6. The maximum Gasteiger partial charge on any atom is 0.246 e. The maximum atomic E-state index is 12.9. The molecular formula is C17H24ClN3O4S. The highest BCUT2D eigenvalue weighted by Crippen LogP contribution is 2.28. The van der Waals surface area contributed by atoms with Crippen molar-refractivity contribution in [2.75, 3.05) is 23.7 Å². The predicted octanol–water partition coefficient (Wildman–Crippen LogP) is 1.53. The number of amides is 2. The molecular weight excluding hydrogens is 378 g/mol. The Morgan fingerprint density at radius 1 is 1.31 bits per heavy atom. The molecule has 0 spiro atoms. The van der Waals surface area contributed by atoms with Crippen molar-refractivity contribution in [2.24, 2.45) is 11.7 Å². The van der Waals surface area contributed by atoms with Crippen LogP contribution in [0.15, 0.2) is 18.2 Å². The molecule has 2 N–H and O–H groups in total. The second-order valence-corrected chi connectivity index (χ2v) is 8.94. The fourth-order valence-corrected chi connectivity index (χ4v) is 4.51. The van der Waals surface area contributed by atoms with Crippen LogP contribution in [0, 0.1) is 12.8 Å². The van der Waals surface area contributed by atoms with Crippen molar-refractivity contribution in [1.82, 2.24) is 4.90 Å². The summed E-state index contributed by atoms with van der Waals surface area (Å²) >= 11 is 6.13. The Balaban J connectivity index is 2.24. The van der Waals surface area contributed by atoms with Crippen molar-refractivity contribution in [3.05, 3.63) is 28.8 Å². The SMILES string of the molecule is Cc1ccc(N([C@H](C)C(=O)N2CCC(C(N)=O)CC2)S(C)(=O)=O)cc1Cl. The Labute approximate surface area is 159 Å². The molecule has 1 aliphatic heterocycles. The topological polar surface area (TPSA) is 101 Å². The van der Waals surface area contributed by atoms with Crippen LogP contribution in [0.3, 0.4) is 0 Å². The van der Waals surface area contributed by atoms with Crippen molar-refractivity contribution < 1.29 is 18.0 Å². The zero-order valence-corrected chi connectivity index (χ0v) is 16.7. The Kier molecular flexibility index (Phi) is 6.18. The first kappa shape index (κ1) is 20.5. The molecule has 144 valence electrons. The van der Waals surface area contributed by atoms with Crippen molar-refractivity contribution in [2.45, 2.75) is 32.7 Å². The zero-order valence-electron chi connectivity index (χ0n) is 15.1. The monoisotopic (exact) mass is 401 g/mol. The normalized spacial score (nSPS) is 17.0. The lowest BCUT2D eigenvalue weighted by Gasteiger charge is -2.36. The summed E-state index contributed by atoms with van der Waals surface area (Å²) in [4.78, 5) is 25.7. The summed E-state index contributed by atoms with van der Waals surface area (Å²) in [5.41, 5.74) is 6.47. The lowest BCUT2D eigenvalue weighted by molar-refractivity contribution is -0.135. The van der Waals surface area contributed by atoms with Crippen LogP contribution in [-0.2, 0) is 19.6 Å². The number of halogens is 1. The van der Waals surface area contributed by atoms with Gasteiger partial charge in [-0.3, -0.25) is 13.9 Å². The quantitative estimate of drug-likeness (QED) is 0.808. The molecule has 7 nitrogen and oxygen atoms in total. The summed E-state index contributed by atoms with van der Waals surface area (Å²) in [6.45, 7) is 4.12. The van der Waals surface area contributed by atoms with Gasteiger partial charge in [-0.1, -0.05) is 17.7 Å². The van der Waals surface area contributed by atoms with E-state index in [1.54, 1.807) is 30.0 Å². The molecule has 1 aliphatic rings. The summed E-state index contributed by atoms with van der Waals surface area (Å²) in [7, 11) is -3.70. The number of sulfonamides is 1. The molecule has 1 heterocycles. The lowest BCUT2D eigenvalue weighted by Crippen LogP contribution is -2.52. The number of hydrogen-bond acceptors (Lipinski definition) is 4. The van der Waals surface area contributed by atoms with Crippen LogP contribution in [0.5, 0.6) is 0 Å². The number of aryl methyl sites for hydroxylation is 1. The van der Waals surface area contributed by atoms with Gasteiger partial charge in [0.2, 0.25) is 21.8 Å². The molecule has 1 aromatic carbocycles. The predicted molar refractivity (Wildman–Crippen MR) is 101 cm³/mol. The third kappa shape index (κ3) is 4.48. The molecule has 0 bridgehead atoms. The smallest absolute Gasteiger partial charge is 0.246 e. The van der Waals surface area contributed by atoms with Crippen molar-refractivity contribution in [1.29, 1.82) is 0 Å². The number of nitrogens with two attached hydrogens (primary N) is 1. The Bertz CT molecular complexity index is 804. The van der Waals surface area contributed by atoms with Gasteiger partial charge < -0.3 is 10.6 Å². The molecule has 26 heavy (non-hydrogen) atoms. The summed E-state index contributed by atoms with van der Waals surface area (Å²) in [5, 5.41) is 0.429. The maximum absolute atomic E-state index is 12.9. The summed E-state index contributed by atoms with van der Waals surface area (Å²) < 4.78 is 25.8. The van der Waals surface area contributed by atoms with Crippen molar-refractivity contribution >= 4 is 39.1 Å². The number of primary amides is 1. The second-order valence-electron chi connectivity index (χ2n) is 6.67. The van der Waals surface area contributed by atoms with Gasteiger partial charge in [0.15, 0.2) is 0 Å². The Morgan fingerprint density at radius 2 is 1.88 bits per heavy atom. The number of nitrogens with zero attached hydrogens (tertiary/aromatic N) is 2. The van der Waals surface area contributed by atoms with Crippen LogP contribution in [0.1, 0.15) is 25.3 Å². The standard InChI is InChI=1S/C17H24ClN3O4S/c1-11-4-5-14(10-15(11)18)21(26(3,24)25)12(2)17(23)20-8-6-13(7-9-20)16(19)22/h4-5,10,12-13H,6-9H2,1-3H3,(H2,19,22)/t12-/m1/s1. The molecule has 1 fully saturated rings. The number of carbonyl (C=O) groups excluding carboxylic acids is 2. The van der Waals surface area contributed by atoms with Gasteiger partial charge in [0.25, 0.3) is 0 Å². The van der Waals surface area contributed by atoms with E-state index >= 15 is 0 Å². The molecule has 1 saturated heterocycles. The van der Waals surface area contributed by atoms with Gasteiger partial charge >= 0.3 is 0 Å². The number of likely N-dealkylation sites (tertiary alicyclic amines) is 1. The number of rotatable bonds is 5. The van der Waals surface area contributed by atoms with E-state index in [1.807, 2.05) is 6.92 Å². The molecule has 0 saturated carbocycles. The summed E-state index contributed by atoms with van der Waals surface area (Å²) in [6.07, 6.45) is 2.04. The van der Waals surface area contributed by atoms with Crippen LogP contribution in [0.2, 0.25) is 5.02 Å². The molecule has 0 aromatic heterocycles. The minimum absolute atomic E-state index is 0.240. The molecule has 1 aromatic rings. The van der Waals surface area contributed by atoms with E-state index in [9.17, 15) is 18.0 Å². The molecule has 0 aliphatic carbocycles. The van der Waals surface area contributed by atoms with Gasteiger partial charge in [0.1, 0.15) is 6.04 Å². The van der Waals surface area contributed by atoms with E-state index in [1.165, 1.54) is 0 Å². The summed E-state index contributed by atoms with van der Waals surface area (Å²) in [6, 6.07) is 3.96. The van der Waals surface area contributed by atoms with Gasteiger partial charge in [0, 0.05) is 24.0 Å². The van der Waals surface area contributed by atoms with E-state index in [4.69, 9.17) is 17.3 Å². The van der Waals surface area contributed by atoms with Crippen LogP contribution in [0.25, 0.3) is 0 Å². The van der Waals surface area contributed by atoms with Crippen LogP contribution in [0.4, 0.5) is 5.69 Å². The zero-order chi connectivity index (χ0) is 19.6. The first-order chi connectivity index (χ1) is 12.0. The highest BCUT2D eigenvalue weighted by atomic mass is 35.5. The molecule has 1 atom stereocenters. The molecule has 9 heteroatoms. The van der Waals surface area contributed by atoms with Gasteiger partial charge in [-0.2, -0.15) is 0 Å². The van der Waals surface area contributed by atoms with E-state index in [0.29, 0.717) is 36.6 Å². The average Bonchev–Trinajstić information content (AvgIpc) is 2.56. The number of hydrogen-bond donors (Lipinski definition) is 1.